The molecule has 1 atom stereocenters. The second-order valence-electron chi connectivity index (χ2n) is 5.22. The Hall–Kier alpha value is -2.70. The number of amides is 1. The van der Waals surface area contributed by atoms with Gasteiger partial charge >= 0.3 is 5.97 Å². The van der Waals surface area contributed by atoms with Gasteiger partial charge in [-0.3, -0.25) is 4.79 Å². The quantitative estimate of drug-likeness (QED) is 0.901. The Morgan fingerprint density at radius 3 is 2.77 bits per heavy atom. The van der Waals surface area contributed by atoms with E-state index in [1.54, 1.807) is 17.3 Å². The van der Waals surface area contributed by atoms with Gasteiger partial charge in [-0.25, -0.2) is 14.8 Å². The molecular formula is C15H16N4O3. The predicted octanol–water partition coefficient (Wildman–Crippen LogP) is 1.87. The van der Waals surface area contributed by atoms with E-state index in [4.69, 9.17) is 5.11 Å². The van der Waals surface area contributed by atoms with Crippen molar-refractivity contribution >= 4 is 11.9 Å². The molecule has 1 aliphatic heterocycles. The van der Waals surface area contributed by atoms with E-state index in [0.717, 1.165) is 25.1 Å². The summed E-state index contributed by atoms with van der Waals surface area (Å²) >= 11 is 0. The van der Waals surface area contributed by atoms with Crippen molar-refractivity contribution in [3.8, 4) is 0 Å². The molecule has 1 aliphatic rings. The summed E-state index contributed by atoms with van der Waals surface area (Å²) in [5.74, 6) is -0.473. The number of aromatic amines is 1. The summed E-state index contributed by atoms with van der Waals surface area (Å²) in [6.45, 7) is 0.658. The molecule has 0 aliphatic carbocycles. The van der Waals surface area contributed by atoms with Gasteiger partial charge in [-0.15, -0.1) is 0 Å². The zero-order valence-electron chi connectivity index (χ0n) is 11.9. The van der Waals surface area contributed by atoms with Crippen molar-refractivity contribution in [1.29, 1.82) is 0 Å². The van der Waals surface area contributed by atoms with E-state index in [1.165, 1.54) is 18.3 Å². The number of carbonyl (C=O) groups is 2. The van der Waals surface area contributed by atoms with Crippen LogP contribution < -0.4 is 0 Å². The Morgan fingerprint density at radius 2 is 2.14 bits per heavy atom. The molecule has 0 radical (unpaired) electrons. The van der Waals surface area contributed by atoms with Crippen molar-refractivity contribution in [1.82, 2.24) is 19.9 Å². The molecule has 1 saturated heterocycles. The first-order valence-electron chi connectivity index (χ1n) is 7.16. The molecule has 7 heteroatoms. The summed E-state index contributed by atoms with van der Waals surface area (Å²) in [5, 5.41) is 8.86. The molecule has 0 spiro atoms. The van der Waals surface area contributed by atoms with E-state index in [1.807, 2.05) is 0 Å². The Balaban J connectivity index is 1.84. The van der Waals surface area contributed by atoms with Crippen LogP contribution >= 0.6 is 0 Å². The second-order valence-corrected chi connectivity index (χ2v) is 5.22. The van der Waals surface area contributed by atoms with Crippen LogP contribution in [-0.4, -0.2) is 43.4 Å². The molecular weight excluding hydrogens is 284 g/mol. The average molecular weight is 300 g/mol. The number of hydrogen-bond acceptors (Lipinski definition) is 4. The van der Waals surface area contributed by atoms with Crippen molar-refractivity contribution in [3.05, 3.63) is 47.8 Å². The summed E-state index contributed by atoms with van der Waals surface area (Å²) in [7, 11) is 0. The van der Waals surface area contributed by atoms with E-state index in [-0.39, 0.29) is 17.6 Å². The number of aromatic carboxylic acids is 1. The molecule has 7 nitrogen and oxygen atoms in total. The number of H-pyrrole nitrogens is 1. The van der Waals surface area contributed by atoms with Gasteiger partial charge in [-0.05, 0) is 31.4 Å². The summed E-state index contributed by atoms with van der Waals surface area (Å²) in [4.78, 5) is 36.4. The number of carboxylic acid groups (broad SMARTS) is 1. The summed E-state index contributed by atoms with van der Waals surface area (Å²) in [6, 6.07) is 2.78. The molecule has 1 fully saturated rings. The van der Waals surface area contributed by atoms with Crippen LogP contribution in [0.2, 0.25) is 0 Å². The molecule has 3 rings (SSSR count). The van der Waals surface area contributed by atoms with Gasteiger partial charge in [0.2, 0.25) is 0 Å². The zero-order valence-corrected chi connectivity index (χ0v) is 11.9. The number of piperidine rings is 1. The van der Waals surface area contributed by atoms with Gasteiger partial charge in [-0.2, -0.15) is 0 Å². The number of nitrogens with one attached hydrogen (secondary N) is 1. The van der Waals surface area contributed by atoms with Crippen LogP contribution in [0, 0.1) is 0 Å². The second kappa shape index (κ2) is 5.97. The number of aromatic nitrogens is 3. The van der Waals surface area contributed by atoms with Crippen LogP contribution in [0.3, 0.4) is 0 Å². The molecule has 0 saturated carbocycles. The van der Waals surface area contributed by atoms with Crippen molar-refractivity contribution in [2.24, 2.45) is 0 Å². The van der Waals surface area contributed by atoms with E-state index < -0.39 is 5.97 Å². The highest BCUT2D eigenvalue weighted by Gasteiger charge is 2.30. The van der Waals surface area contributed by atoms with E-state index in [0.29, 0.717) is 12.1 Å². The molecule has 2 N–H and O–H groups in total. The van der Waals surface area contributed by atoms with Crippen molar-refractivity contribution in [3.63, 3.8) is 0 Å². The minimum Gasteiger partial charge on any atom is -0.477 e. The largest absolute Gasteiger partial charge is 0.477 e. The molecule has 22 heavy (non-hydrogen) atoms. The minimum absolute atomic E-state index is 0.0715. The number of pyridine rings is 1. The van der Waals surface area contributed by atoms with Crippen molar-refractivity contribution in [2.45, 2.75) is 25.3 Å². The molecule has 2 aromatic rings. The molecule has 1 unspecified atom stereocenters. The predicted molar refractivity (Wildman–Crippen MR) is 77.4 cm³/mol. The van der Waals surface area contributed by atoms with Crippen LogP contribution in [-0.2, 0) is 0 Å². The lowest BCUT2D eigenvalue weighted by atomic mass is 10.0. The fourth-order valence-electron chi connectivity index (χ4n) is 2.73. The monoisotopic (exact) mass is 300 g/mol. The summed E-state index contributed by atoms with van der Waals surface area (Å²) < 4.78 is 0. The maximum absolute atomic E-state index is 12.7. The maximum Gasteiger partial charge on any atom is 0.354 e. The Bertz CT molecular complexity index is 667. The number of imidazole rings is 1. The molecule has 0 aromatic carbocycles. The summed E-state index contributed by atoms with van der Waals surface area (Å²) in [5.41, 5.74) is 0.321. The van der Waals surface area contributed by atoms with Crippen molar-refractivity contribution in [2.75, 3.05) is 6.54 Å². The third-order valence-corrected chi connectivity index (χ3v) is 3.83. The van der Waals surface area contributed by atoms with Crippen LogP contribution in [0.25, 0.3) is 0 Å². The topological polar surface area (TPSA) is 99.2 Å². The summed E-state index contributed by atoms with van der Waals surface area (Å²) in [6.07, 6.45) is 7.60. The highest BCUT2D eigenvalue weighted by Crippen LogP contribution is 2.30. The Kier molecular flexibility index (Phi) is 3.86. The minimum atomic E-state index is -1.11. The van der Waals surface area contributed by atoms with Gasteiger partial charge in [-0.1, -0.05) is 0 Å². The smallest absolute Gasteiger partial charge is 0.354 e. The molecule has 114 valence electrons. The van der Waals surface area contributed by atoms with Crippen LogP contribution in [0.4, 0.5) is 0 Å². The zero-order chi connectivity index (χ0) is 15.5. The number of likely N-dealkylation sites (tertiary alicyclic amines) is 1. The van der Waals surface area contributed by atoms with E-state index >= 15 is 0 Å². The lowest BCUT2D eigenvalue weighted by Crippen LogP contribution is -2.39. The van der Waals surface area contributed by atoms with Gasteiger partial charge in [0, 0.05) is 25.1 Å². The number of carboxylic acids is 1. The third kappa shape index (κ3) is 2.69. The van der Waals surface area contributed by atoms with E-state index in [2.05, 4.69) is 15.0 Å². The van der Waals surface area contributed by atoms with Crippen LogP contribution in [0.1, 0.15) is 52.0 Å². The number of carbonyl (C=O) groups excluding carboxylic acids is 1. The molecule has 0 bridgehead atoms. The first-order chi connectivity index (χ1) is 10.7. The highest BCUT2D eigenvalue weighted by atomic mass is 16.4. The molecule has 3 heterocycles. The van der Waals surface area contributed by atoms with Crippen LogP contribution in [0.5, 0.6) is 0 Å². The van der Waals surface area contributed by atoms with Gasteiger partial charge in [0.05, 0.1) is 11.6 Å². The standard InChI is InChI=1S/C15H16N4O3/c20-14(10-4-5-11(15(21)22)18-9-10)19-8-2-1-3-12(19)13-16-6-7-17-13/h4-7,9,12H,1-3,8H2,(H,16,17)(H,21,22). The Morgan fingerprint density at radius 1 is 1.27 bits per heavy atom. The molecule has 1 amide bonds. The highest BCUT2D eigenvalue weighted by molar-refractivity contribution is 5.95. The van der Waals surface area contributed by atoms with Gasteiger partial charge < -0.3 is 15.0 Å². The normalized spacial score (nSPS) is 18.2. The lowest BCUT2D eigenvalue weighted by Gasteiger charge is -2.34. The van der Waals surface area contributed by atoms with Gasteiger partial charge in [0.25, 0.3) is 5.91 Å². The maximum atomic E-state index is 12.7. The van der Waals surface area contributed by atoms with Crippen molar-refractivity contribution < 1.29 is 14.7 Å². The first-order valence-corrected chi connectivity index (χ1v) is 7.16. The molecule has 2 aromatic heterocycles. The number of hydrogen-bond donors (Lipinski definition) is 2. The van der Waals surface area contributed by atoms with Gasteiger partial charge in [0.1, 0.15) is 11.5 Å². The van der Waals surface area contributed by atoms with E-state index in [9.17, 15) is 9.59 Å². The fourth-order valence-corrected chi connectivity index (χ4v) is 2.73. The average Bonchev–Trinajstić information content (AvgIpc) is 3.08. The number of nitrogens with zero attached hydrogens (tertiary/aromatic N) is 3. The SMILES string of the molecule is O=C(O)c1ccc(C(=O)N2CCCCC2c2ncc[nH]2)cn1. The lowest BCUT2D eigenvalue weighted by molar-refractivity contribution is 0.0598. The Labute approximate surface area is 127 Å². The third-order valence-electron chi connectivity index (χ3n) is 3.83. The fraction of sp³-hybridized carbons (Fsp3) is 0.333. The van der Waals surface area contributed by atoms with Crippen LogP contribution in [0.15, 0.2) is 30.7 Å². The first kappa shape index (κ1) is 14.2. The number of rotatable bonds is 3. The van der Waals surface area contributed by atoms with Gasteiger partial charge in [0.15, 0.2) is 0 Å².